The highest BCUT2D eigenvalue weighted by atomic mass is 16.2. The van der Waals surface area contributed by atoms with Gasteiger partial charge in [-0.1, -0.05) is 152 Å². The molecule has 0 saturated carbocycles. The van der Waals surface area contributed by atoms with E-state index in [2.05, 4.69) is 32.6 Å². The minimum absolute atomic E-state index is 0.197. The molecule has 78 heavy (non-hydrogen) atoms. The van der Waals surface area contributed by atoms with Crippen molar-refractivity contribution >= 4 is 40.1 Å². The van der Waals surface area contributed by atoms with Crippen LogP contribution in [0, 0.1) is 0 Å². The molecular weight excluding hydrogens is 983 g/mol. The highest BCUT2D eigenvalue weighted by molar-refractivity contribution is 5.78. The number of benzene rings is 5. The molecule has 0 bridgehead atoms. The SMILES string of the molecule is CCN(CC)C(=O)Cn1c(=O)c2c(nc(N3CCCNCC3)n2Cc2ccccc2)n(Cc2ccccc2)c1=O.O=c1c2c(nc(N3CCNCC3)n2Cc2ccccc2)n(Cc2ccccc2)c(=O)n1Cc1ccccc1. The van der Waals surface area contributed by atoms with Gasteiger partial charge in [0.1, 0.15) is 6.54 Å². The molecular formula is C60H67N13O5. The fraction of sp³-hybridized carbons (Fsp3) is 0.317. The predicted octanol–water partition coefficient (Wildman–Crippen LogP) is 5.04. The van der Waals surface area contributed by atoms with Crippen LogP contribution in [0.25, 0.3) is 22.3 Å². The summed E-state index contributed by atoms with van der Waals surface area (Å²) < 4.78 is 9.57. The summed E-state index contributed by atoms with van der Waals surface area (Å²) in [5, 5.41) is 6.81. The molecule has 18 heteroatoms. The van der Waals surface area contributed by atoms with Gasteiger partial charge in [-0.05, 0) is 54.6 Å². The van der Waals surface area contributed by atoms with Crippen LogP contribution in [0.1, 0.15) is 48.1 Å². The van der Waals surface area contributed by atoms with E-state index in [-0.39, 0.29) is 36.8 Å². The van der Waals surface area contributed by atoms with E-state index in [4.69, 9.17) is 9.97 Å². The minimum atomic E-state index is -0.532. The van der Waals surface area contributed by atoms with Gasteiger partial charge in [0.2, 0.25) is 17.8 Å². The molecule has 2 aliphatic rings. The smallest absolute Gasteiger partial charge is 0.333 e. The molecule has 18 nitrogen and oxygen atoms in total. The van der Waals surface area contributed by atoms with Crippen LogP contribution in [0.5, 0.6) is 0 Å². The van der Waals surface area contributed by atoms with Crippen molar-refractivity contribution in [3.05, 3.63) is 221 Å². The van der Waals surface area contributed by atoms with Gasteiger partial charge in [-0.3, -0.25) is 37.2 Å². The fourth-order valence-corrected chi connectivity index (χ4v) is 10.5. The minimum Gasteiger partial charge on any atom is -0.342 e. The molecule has 0 aliphatic carbocycles. The van der Waals surface area contributed by atoms with Crippen LogP contribution in [-0.4, -0.2) is 114 Å². The molecule has 0 spiro atoms. The first-order chi connectivity index (χ1) is 38.2. The van der Waals surface area contributed by atoms with Gasteiger partial charge < -0.3 is 25.3 Å². The number of piperazine rings is 1. The molecule has 4 aromatic heterocycles. The summed E-state index contributed by atoms with van der Waals surface area (Å²) in [4.78, 5) is 85.3. The normalized spacial score (nSPS) is 13.8. The lowest BCUT2D eigenvalue weighted by Crippen LogP contribution is -2.45. The lowest BCUT2D eigenvalue weighted by atomic mass is 10.2. The Kier molecular flexibility index (Phi) is 16.6. The molecule has 5 aromatic carbocycles. The molecule has 2 N–H and O–H groups in total. The number of carbonyl (C=O) groups excluding carboxylic acids is 1. The zero-order valence-corrected chi connectivity index (χ0v) is 44.4. The van der Waals surface area contributed by atoms with E-state index in [1.807, 2.05) is 163 Å². The molecule has 11 rings (SSSR count). The summed E-state index contributed by atoms with van der Waals surface area (Å²) in [7, 11) is 0. The van der Waals surface area contributed by atoms with E-state index in [0.29, 0.717) is 61.0 Å². The van der Waals surface area contributed by atoms with Gasteiger partial charge in [0.05, 0.1) is 32.7 Å². The summed E-state index contributed by atoms with van der Waals surface area (Å²) in [6.45, 7) is 12.6. The van der Waals surface area contributed by atoms with Crippen LogP contribution in [0.3, 0.4) is 0 Å². The Morgan fingerprint density at radius 2 is 0.769 bits per heavy atom. The average Bonchev–Trinajstić information content (AvgIpc) is 4.16. The maximum atomic E-state index is 14.2. The Balaban J connectivity index is 0.000000177. The third kappa shape index (κ3) is 11.5. The summed E-state index contributed by atoms with van der Waals surface area (Å²) in [5.41, 5.74) is 4.72. The number of nitrogens with zero attached hydrogens (tertiary/aromatic N) is 11. The number of carbonyl (C=O) groups is 1. The number of anilines is 2. The van der Waals surface area contributed by atoms with Gasteiger partial charge in [-0.2, -0.15) is 9.97 Å². The van der Waals surface area contributed by atoms with Crippen LogP contribution < -0.4 is 42.9 Å². The van der Waals surface area contributed by atoms with Crippen molar-refractivity contribution in [2.24, 2.45) is 0 Å². The van der Waals surface area contributed by atoms with Gasteiger partial charge in [-0.25, -0.2) is 14.2 Å². The average molecular weight is 1050 g/mol. The Morgan fingerprint density at radius 3 is 1.17 bits per heavy atom. The number of amides is 1. The maximum Gasteiger partial charge on any atom is 0.333 e. The van der Waals surface area contributed by atoms with Crippen molar-refractivity contribution in [2.75, 3.05) is 75.2 Å². The number of rotatable bonds is 16. The van der Waals surface area contributed by atoms with E-state index in [1.165, 1.54) is 4.57 Å². The quantitative estimate of drug-likeness (QED) is 0.133. The third-order valence-electron chi connectivity index (χ3n) is 14.5. The molecule has 2 fully saturated rings. The number of fused-ring (bicyclic) bond motifs is 2. The summed E-state index contributed by atoms with van der Waals surface area (Å²) in [6, 6.07) is 49.1. The van der Waals surface area contributed by atoms with E-state index < -0.39 is 11.2 Å². The van der Waals surface area contributed by atoms with Crippen LogP contribution in [0.4, 0.5) is 11.9 Å². The number of imidazole rings is 2. The lowest BCUT2D eigenvalue weighted by molar-refractivity contribution is -0.131. The second-order valence-corrected chi connectivity index (χ2v) is 19.7. The second-order valence-electron chi connectivity index (χ2n) is 19.7. The molecule has 2 saturated heterocycles. The molecule has 9 aromatic rings. The number of likely N-dealkylation sites (N-methyl/N-ethyl adjacent to an activating group) is 1. The van der Waals surface area contributed by atoms with Crippen molar-refractivity contribution in [1.29, 1.82) is 0 Å². The number of aromatic nitrogens is 8. The van der Waals surface area contributed by atoms with E-state index >= 15 is 0 Å². The highest BCUT2D eigenvalue weighted by Gasteiger charge is 2.28. The van der Waals surface area contributed by atoms with E-state index in [1.54, 1.807) is 14.0 Å². The molecule has 1 amide bonds. The molecule has 0 unspecified atom stereocenters. The Bertz CT molecular complexity index is 3700. The van der Waals surface area contributed by atoms with E-state index in [9.17, 15) is 24.0 Å². The Labute approximate surface area is 452 Å². The standard InChI is InChI=1S/C30H37N7O3.C30H30N6O2/c1-3-33(4-2)25(38)22-37-28(39)26-27(36(30(37)40)21-24-14-9-6-10-15-24)32-29(34-18-11-16-31-17-19-34)35(26)20-23-12-7-5-8-13-23;37-28-26-27(32-29(33-18-16-31-17-19-33)34(26)20-23-10-4-1-5-11-23)35(21-24-12-6-2-7-13-24)30(38)36(28)22-25-14-8-3-9-15-25/h5-10,12-15,31H,3-4,11,16-22H2,1-2H3;1-15,31H,16-22H2. The largest absolute Gasteiger partial charge is 0.342 e. The van der Waals surface area contributed by atoms with Crippen LogP contribution in [0.2, 0.25) is 0 Å². The third-order valence-corrected chi connectivity index (χ3v) is 14.5. The fourth-order valence-electron chi connectivity index (χ4n) is 10.5. The van der Waals surface area contributed by atoms with Gasteiger partial charge >= 0.3 is 11.4 Å². The van der Waals surface area contributed by atoms with Crippen LogP contribution in [-0.2, 0) is 44.1 Å². The molecule has 0 radical (unpaired) electrons. The molecule has 402 valence electrons. The van der Waals surface area contributed by atoms with Gasteiger partial charge in [-0.15, -0.1) is 0 Å². The van der Waals surface area contributed by atoms with Gasteiger partial charge in [0.25, 0.3) is 11.1 Å². The second kappa shape index (κ2) is 24.6. The maximum absolute atomic E-state index is 14.2. The van der Waals surface area contributed by atoms with Crippen molar-refractivity contribution in [3.8, 4) is 0 Å². The first-order valence-corrected chi connectivity index (χ1v) is 27.1. The van der Waals surface area contributed by atoms with E-state index in [0.717, 1.165) is 97.1 Å². The summed E-state index contributed by atoms with van der Waals surface area (Å²) >= 11 is 0. The monoisotopic (exact) mass is 1050 g/mol. The number of nitrogens with one attached hydrogen (secondary N) is 2. The number of hydrogen-bond acceptors (Lipinski definition) is 11. The summed E-state index contributed by atoms with van der Waals surface area (Å²) in [5.74, 6) is 1.12. The first kappa shape index (κ1) is 52.8. The van der Waals surface area contributed by atoms with Crippen molar-refractivity contribution in [3.63, 3.8) is 0 Å². The van der Waals surface area contributed by atoms with Crippen molar-refractivity contribution in [2.45, 2.75) is 59.5 Å². The zero-order chi connectivity index (χ0) is 54.0. The molecule has 2 aliphatic heterocycles. The van der Waals surface area contributed by atoms with Crippen molar-refractivity contribution < 1.29 is 4.79 Å². The lowest BCUT2D eigenvalue weighted by Gasteiger charge is -2.28. The van der Waals surface area contributed by atoms with Crippen LogP contribution in [0.15, 0.2) is 171 Å². The van der Waals surface area contributed by atoms with Gasteiger partial charge in [0.15, 0.2) is 22.3 Å². The molecule has 0 atom stereocenters. The first-order valence-electron chi connectivity index (χ1n) is 27.1. The highest BCUT2D eigenvalue weighted by Crippen LogP contribution is 2.25. The zero-order valence-electron chi connectivity index (χ0n) is 44.4. The van der Waals surface area contributed by atoms with Crippen LogP contribution >= 0.6 is 0 Å². The topological polar surface area (TPSA) is 174 Å². The molecule has 6 heterocycles. The summed E-state index contributed by atoms with van der Waals surface area (Å²) in [6.07, 6.45) is 0.938. The predicted molar refractivity (Wildman–Crippen MR) is 307 cm³/mol. The van der Waals surface area contributed by atoms with Crippen molar-refractivity contribution in [1.82, 2.24) is 52.9 Å². The Morgan fingerprint density at radius 1 is 0.436 bits per heavy atom. The number of hydrogen-bond donors (Lipinski definition) is 2. The Hall–Kier alpha value is -8.61. The van der Waals surface area contributed by atoms with Gasteiger partial charge in [0, 0.05) is 58.9 Å².